The van der Waals surface area contributed by atoms with Crippen LogP contribution in [0.2, 0.25) is 0 Å². The van der Waals surface area contributed by atoms with Crippen molar-refractivity contribution in [1.29, 1.82) is 0 Å². The van der Waals surface area contributed by atoms with Crippen molar-refractivity contribution in [1.82, 2.24) is 30.0 Å². The first kappa shape index (κ1) is 20.6. The number of thioether (sulfide) groups is 1. The van der Waals surface area contributed by atoms with Crippen molar-refractivity contribution in [3.63, 3.8) is 0 Å². The predicted molar refractivity (Wildman–Crippen MR) is 121 cm³/mol. The van der Waals surface area contributed by atoms with E-state index in [1.54, 1.807) is 18.9 Å². The standard InChI is InChI=1S/C21H27N7OS/c1-5-23-7-6-14-8-15-17-19(25-21(22)26-20(17)30-11-14)28(27-15)10-16-13(3)18(29-4)12(2)9-24-16/h8-9,23H,5-7,10-11H2,1-4H3,(H2,22,25,26). The number of hydrogen-bond acceptors (Lipinski definition) is 8. The van der Waals surface area contributed by atoms with Gasteiger partial charge in [-0.3, -0.25) is 4.98 Å². The molecule has 0 saturated carbocycles. The van der Waals surface area contributed by atoms with Crippen molar-refractivity contribution in [3.05, 3.63) is 34.3 Å². The Bertz CT molecular complexity index is 1120. The molecule has 0 fully saturated rings. The summed E-state index contributed by atoms with van der Waals surface area (Å²) in [6.07, 6.45) is 4.98. The summed E-state index contributed by atoms with van der Waals surface area (Å²) in [4.78, 5) is 13.6. The van der Waals surface area contributed by atoms with E-state index in [1.807, 2.05) is 24.7 Å². The molecule has 0 radical (unpaired) electrons. The van der Waals surface area contributed by atoms with Gasteiger partial charge in [0, 0.05) is 23.1 Å². The molecule has 30 heavy (non-hydrogen) atoms. The van der Waals surface area contributed by atoms with Crippen molar-refractivity contribution in [2.45, 2.75) is 38.8 Å². The van der Waals surface area contributed by atoms with Crippen molar-refractivity contribution in [3.8, 4) is 5.75 Å². The monoisotopic (exact) mass is 425 g/mol. The molecule has 8 nitrogen and oxygen atoms in total. The lowest BCUT2D eigenvalue weighted by Crippen LogP contribution is -2.15. The number of methoxy groups -OCH3 is 1. The fraction of sp³-hybridized carbons (Fsp3) is 0.429. The Hall–Kier alpha value is -2.65. The molecule has 0 amide bonds. The molecule has 0 unspecified atom stereocenters. The molecule has 1 aliphatic rings. The van der Waals surface area contributed by atoms with E-state index in [-0.39, 0.29) is 5.95 Å². The molecular weight excluding hydrogens is 398 g/mol. The number of aryl methyl sites for hydroxylation is 1. The number of rotatable bonds is 7. The zero-order chi connectivity index (χ0) is 21.3. The average molecular weight is 426 g/mol. The molecule has 3 aromatic heterocycles. The molecule has 3 aromatic rings. The quantitative estimate of drug-likeness (QED) is 0.440. The number of pyridine rings is 1. The molecule has 158 valence electrons. The summed E-state index contributed by atoms with van der Waals surface area (Å²) in [7, 11) is 1.68. The van der Waals surface area contributed by atoms with E-state index < -0.39 is 0 Å². The molecule has 0 bridgehead atoms. The van der Waals surface area contributed by atoms with E-state index >= 15 is 0 Å². The van der Waals surface area contributed by atoms with E-state index in [4.69, 9.17) is 15.6 Å². The molecular formula is C21H27N7OS. The largest absolute Gasteiger partial charge is 0.496 e. The zero-order valence-electron chi connectivity index (χ0n) is 17.8. The maximum Gasteiger partial charge on any atom is 0.223 e. The second-order valence-corrected chi connectivity index (χ2v) is 8.33. The van der Waals surface area contributed by atoms with E-state index in [0.717, 1.165) is 69.6 Å². The third kappa shape index (κ3) is 3.87. The van der Waals surface area contributed by atoms with Gasteiger partial charge >= 0.3 is 0 Å². The minimum Gasteiger partial charge on any atom is -0.496 e. The molecule has 0 saturated heterocycles. The normalized spacial score (nSPS) is 13.4. The molecule has 4 heterocycles. The summed E-state index contributed by atoms with van der Waals surface area (Å²) in [5.41, 5.74) is 11.9. The molecule has 1 aliphatic heterocycles. The highest BCUT2D eigenvalue weighted by Crippen LogP contribution is 2.35. The van der Waals surface area contributed by atoms with Gasteiger partial charge in [0.1, 0.15) is 10.8 Å². The first-order valence-electron chi connectivity index (χ1n) is 10.1. The molecule has 0 spiro atoms. The molecule has 0 atom stereocenters. The Labute approximate surface area is 180 Å². The number of nitrogens with zero attached hydrogens (tertiary/aromatic N) is 5. The lowest BCUT2D eigenvalue weighted by molar-refractivity contribution is 0.406. The van der Waals surface area contributed by atoms with Crippen LogP contribution in [-0.2, 0) is 6.54 Å². The fourth-order valence-corrected chi connectivity index (χ4v) is 4.79. The predicted octanol–water partition coefficient (Wildman–Crippen LogP) is 2.97. The van der Waals surface area contributed by atoms with Crippen LogP contribution in [-0.4, -0.2) is 50.7 Å². The highest BCUT2D eigenvalue weighted by molar-refractivity contribution is 7.99. The Morgan fingerprint density at radius 3 is 2.90 bits per heavy atom. The number of nitrogens with two attached hydrogens (primary N) is 1. The lowest BCUT2D eigenvalue weighted by Gasteiger charge is -2.12. The maximum absolute atomic E-state index is 6.04. The van der Waals surface area contributed by atoms with E-state index in [9.17, 15) is 0 Å². The lowest BCUT2D eigenvalue weighted by atomic mass is 10.1. The minimum atomic E-state index is 0.264. The molecule has 4 rings (SSSR count). The van der Waals surface area contributed by atoms with Crippen LogP contribution in [0, 0.1) is 13.8 Å². The van der Waals surface area contributed by atoms with Gasteiger partial charge in [-0.25, -0.2) is 9.67 Å². The Morgan fingerprint density at radius 2 is 2.13 bits per heavy atom. The average Bonchev–Trinajstić information content (AvgIpc) is 2.94. The van der Waals surface area contributed by atoms with E-state index in [1.165, 1.54) is 5.57 Å². The van der Waals surface area contributed by atoms with Crippen LogP contribution in [0.4, 0.5) is 5.95 Å². The SMILES string of the molecule is CCNCCC1=Cc2nn(Cc3ncc(C)c(OC)c3C)c3nc(N)nc(c23)SC1. The van der Waals surface area contributed by atoms with Gasteiger partial charge < -0.3 is 15.8 Å². The van der Waals surface area contributed by atoms with Gasteiger partial charge in [-0.15, -0.1) is 11.8 Å². The zero-order valence-corrected chi connectivity index (χ0v) is 18.6. The highest BCUT2D eigenvalue weighted by Gasteiger charge is 2.22. The summed E-state index contributed by atoms with van der Waals surface area (Å²) in [6.45, 7) is 8.53. The summed E-state index contributed by atoms with van der Waals surface area (Å²) in [6, 6.07) is 0. The second-order valence-electron chi connectivity index (χ2n) is 7.37. The third-order valence-electron chi connectivity index (χ3n) is 5.26. The number of nitrogens with one attached hydrogen (secondary N) is 1. The number of anilines is 1. The molecule has 0 aliphatic carbocycles. The number of nitrogen functional groups attached to an aromatic ring is 1. The third-order valence-corrected chi connectivity index (χ3v) is 6.34. The second kappa shape index (κ2) is 8.61. The van der Waals surface area contributed by atoms with Crippen LogP contribution in [0.3, 0.4) is 0 Å². The van der Waals surface area contributed by atoms with Gasteiger partial charge in [0.15, 0.2) is 5.65 Å². The van der Waals surface area contributed by atoms with Crippen LogP contribution < -0.4 is 15.8 Å². The Kier molecular flexibility index (Phi) is 5.92. The maximum atomic E-state index is 6.04. The minimum absolute atomic E-state index is 0.264. The summed E-state index contributed by atoms with van der Waals surface area (Å²) < 4.78 is 7.44. The summed E-state index contributed by atoms with van der Waals surface area (Å²) in [5, 5.41) is 10.1. The molecule has 9 heteroatoms. The van der Waals surface area contributed by atoms with Gasteiger partial charge in [0.2, 0.25) is 5.95 Å². The number of hydrogen-bond donors (Lipinski definition) is 2. The smallest absolute Gasteiger partial charge is 0.223 e. The van der Waals surface area contributed by atoms with E-state index in [2.05, 4.69) is 33.3 Å². The number of aromatic nitrogens is 5. The van der Waals surface area contributed by atoms with Crippen molar-refractivity contribution >= 4 is 34.8 Å². The molecule has 0 aromatic carbocycles. The van der Waals surface area contributed by atoms with Gasteiger partial charge in [0.05, 0.1) is 30.4 Å². The van der Waals surface area contributed by atoms with Gasteiger partial charge in [-0.2, -0.15) is 10.1 Å². The van der Waals surface area contributed by atoms with Crippen LogP contribution >= 0.6 is 11.8 Å². The number of ether oxygens (including phenoxy) is 1. The fourth-order valence-electron chi connectivity index (χ4n) is 3.74. The van der Waals surface area contributed by atoms with Crippen LogP contribution in [0.15, 0.2) is 16.8 Å². The first-order chi connectivity index (χ1) is 14.5. The van der Waals surface area contributed by atoms with Gasteiger partial charge in [-0.05, 0) is 39.4 Å². The first-order valence-corrected chi connectivity index (χ1v) is 11.1. The van der Waals surface area contributed by atoms with Crippen LogP contribution in [0.25, 0.3) is 17.1 Å². The van der Waals surface area contributed by atoms with Crippen LogP contribution in [0.5, 0.6) is 5.75 Å². The Balaban J connectivity index is 1.77. The van der Waals surface area contributed by atoms with Crippen LogP contribution in [0.1, 0.15) is 35.9 Å². The van der Waals surface area contributed by atoms with E-state index in [0.29, 0.717) is 6.54 Å². The van der Waals surface area contributed by atoms with Crippen molar-refractivity contribution in [2.24, 2.45) is 0 Å². The van der Waals surface area contributed by atoms with Gasteiger partial charge in [-0.1, -0.05) is 12.5 Å². The summed E-state index contributed by atoms with van der Waals surface area (Å²) in [5.74, 6) is 2.00. The highest BCUT2D eigenvalue weighted by atomic mass is 32.2. The topological polar surface area (TPSA) is 104 Å². The van der Waals surface area contributed by atoms with Crippen molar-refractivity contribution < 1.29 is 4.74 Å². The van der Waals surface area contributed by atoms with Crippen molar-refractivity contribution in [2.75, 3.05) is 31.7 Å². The summed E-state index contributed by atoms with van der Waals surface area (Å²) >= 11 is 1.70. The Morgan fingerprint density at radius 1 is 1.30 bits per heavy atom. The van der Waals surface area contributed by atoms with Gasteiger partial charge in [0.25, 0.3) is 0 Å². The molecule has 3 N–H and O–H groups in total.